The topological polar surface area (TPSA) is 38.3 Å². The van der Waals surface area contributed by atoms with Crippen LogP contribution in [0.5, 0.6) is 5.75 Å². The number of amides is 1. The normalized spacial score (nSPS) is 10.7. The number of hydrogen-bond donors (Lipinski definition) is 1. The van der Waals surface area contributed by atoms with Gasteiger partial charge >= 0.3 is 0 Å². The van der Waals surface area contributed by atoms with Gasteiger partial charge in [0.05, 0.1) is 12.1 Å². The lowest BCUT2D eigenvalue weighted by atomic mass is 10.1. The van der Waals surface area contributed by atoms with Crippen LogP contribution in [0, 0.1) is 0 Å². The zero-order chi connectivity index (χ0) is 20.6. The lowest BCUT2D eigenvalue weighted by Crippen LogP contribution is -2.28. The molecule has 0 unspecified atom stereocenters. The Morgan fingerprint density at radius 2 is 1.53 bits per heavy atom. The van der Waals surface area contributed by atoms with Crippen LogP contribution in [-0.4, -0.2) is 19.1 Å². The van der Waals surface area contributed by atoms with E-state index in [1.54, 1.807) is 11.8 Å². The van der Waals surface area contributed by atoms with Gasteiger partial charge in [0.1, 0.15) is 12.4 Å². The summed E-state index contributed by atoms with van der Waals surface area (Å²) in [6, 6.07) is 32.2. The number of benzene rings is 4. The molecule has 4 aromatic rings. The summed E-state index contributed by atoms with van der Waals surface area (Å²) in [7, 11) is 0. The maximum atomic E-state index is 12.7. The number of carbonyl (C=O) groups is 1. The molecule has 1 amide bonds. The first-order valence-corrected chi connectivity index (χ1v) is 10.9. The fraction of sp³-hybridized carbons (Fsp3) is 0.115. The summed E-state index contributed by atoms with van der Waals surface area (Å²) >= 11 is 1.67. The smallest absolute Gasteiger partial charge is 0.252 e. The number of ether oxygens (including phenoxy) is 1. The second-order valence-corrected chi connectivity index (χ2v) is 7.90. The molecule has 0 aromatic heterocycles. The standard InChI is InChI=1S/C26H23NO2S/c28-26(24-12-6-7-13-25(24)30-19-20-8-2-1-3-9-20)27-16-17-29-23-15-14-21-10-4-5-11-22(21)18-23/h1-15,18H,16-17,19H2,(H,27,28). The molecule has 0 fully saturated rings. The second kappa shape index (κ2) is 9.99. The van der Waals surface area contributed by atoms with Crippen molar-refractivity contribution in [1.29, 1.82) is 0 Å². The average molecular weight is 414 g/mol. The van der Waals surface area contributed by atoms with Gasteiger partial charge in [-0.15, -0.1) is 11.8 Å². The first kappa shape index (κ1) is 20.0. The van der Waals surface area contributed by atoms with Crippen molar-refractivity contribution in [2.24, 2.45) is 0 Å². The van der Waals surface area contributed by atoms with Gasteiger partial charge < -0.3 is 10.1 Å². The summed E-state index contributed by atoms with van der Waals surface area (Å²) in [6.45, 7) is 0.868. The molecule has 4 rings (SSSR count). The Labute approximate surface area is 181 Å². The van der Waals surface area contributed by atoms with Gasteiger partial charge in [0.2, 0.25) is 0 Å². The van der Waals surface area contributed by atoms with Crippen LogP contribution in [0.15, 0.2) is 102 Å². The molecule has 4 heteroatoms. The van der Waals surface area contributed by atoms with E-state index in [4.69, 9.17) is 4.74 Å². The molecule has 0 heterocycles. The van der Waals surface area contributed by atoms with Gasteiger partial charge in [-0.05, 0) is 40.6 Å². The molecule has 30 heavy (non-hydrogen) atoms. The summed E-state index contributed by atoms with van der Waals surface area (Å²) in [5, 5.41) is 5.29. The van der Waals surface area contributed by atoms with Crippen molar-refractivity contribution in [2.75, 3.05) is 13.2 Å². The third-order valence-corrected chi connectivity index (χ3v) is 5.89. The summed E-state index contributed by atoms with van der Waals surface area (Å²) in [5.74, 6) is 1.56. The zero-order valence-electron chi connectivity index (χ0n) is 16.6. The van der Waals surface area contributed by atoms with E-state index in [2.05, 4.69) is 29.6 Å². The van der Waals surface area contributed by atoms with Gasteiger partial charge in [-0.25, -0.2) is 0 Å². The van der Waals surface area contributed by atoms with Crippen molar-refractivity contribution >= 4 is 28.4 Å². The molecule has 4 aromatic carbocycles. The maximum Gasteiger partial charge on any atom is 0.252 e. The molecule has 0 radical (unpaired) electrons. The van der Waals surface area contributed by atoms with Gasteiger partial charge in [0.15, 0.2) is 0 Å². The molecule has 0 aliphatic rings. The third-order valence-electron chi connectivity index (χ3n) is 4.75. The summed E-state index contributed by atoms with van der Waals surface area (Å²) in [4.78, 5) is 13.7. The van der Waals surface area contributed by atoms with Crippen LogP contribution in [0.1, 0.15) is 15.9 Å². The molecule has 0 atom stereocenters. The molecule has 1 N–H and O–H groups in total. The predicted molar refractivity (Wildman–Crippen MR) is 124 cm³/mol. The number of hydrogen-bond acceptors (Lipinski definition) is 3. The van der Waals surface area contributed by atoms with Crippen molar-refractivity contribution in [3.05, 3.63) is 108 Å². The minimum Gasteiger partial charge on any atom is -0.492 e. The van der Waals surface area contributed by atoms with Crippen LogP contribution in [0.3, 0.4) is 0 Å². The molecule has 3 nitrogen and oxygen atoms in total. The van der Waals surface area contributed by atoms with Crippen molar-refractivity contribution in [2.45, 2.75) is 10.6 Å². The minimum atomic E-state index is -0.0757. The van der Waals surface area contributed by atoms with Crippen molar-refractivity contribution < 1.29 is 9.53 Å². The van der Waals surface area contributed by atoms with Crippen LogP contribution in [0.2, 0.25) is 0 Å². The number of carbonyl (C=O) groups excluding carboxylic acids is 1. The van der Waals surface area contributed by atoms with E-state index in [9.17, 15) is 4.79 Å². The molecule has 0 spiro atoms. The molecule has 0 bridgehead atoms. The number of rotatable bonds is 8. The minimum absolute atomic E-state index is 0.0757. The molecule has 0 saturated carbocycles. The van der Waals surface area contributed by atoms with E-state index < -0.39 is 0 Å². The van der Waals surface area contributed by atoms with E-state index in [-0.39, 0.29) is 5.91 Å². The molecule has 0 aliphatic heterocycles. The molecule has 0 aliphatic carbocycles. The average Bonchev–Trinajstić information content (AvgIpc) is 2.81. The largest absolute Gasteiger partial charge is 0.492 e. The van der Waals surface area contributed by atoms with E-state index in [0.717, 1.165) is 21.8 Å². The van der Waals surface area contributed by atoms with Gasteiger partial charge in [-0.2, -0.15) is 0 Å². The Bertz CT molecular complexity index is 1130. The van der Waals surface area contributed by atoms with Gasteiger partial charge in [-0.3, -0.25) is 4.79 Å². The summed E-state index contributed by atoms with van der Waals surface area (Å²) in [5.41, 5.74) is 1.94. The lowest BCUT2D eigenvalue weighted by Gasteiger charge is -2.11. The quantitative estimate of drug-likeness (QED) is 0.287. The van der Waals surface area contributed by atoms with Crippen LogP contribution in [-0.2, 0) is 5.75 Å². The highest BCUT2D eigenvalue weighted by molar-refractivity contribution is 7.98. The van der Waals surface area contributed by atoms with E-state index in [1.165, 1.54) is 10.9 Å². The van der Waals surface area contributed by atoms with E-state index >= 15 is 0 Å². The number of fused-ring (bicyclic) bond motifs is 1. The van der Waals surface area contributed by atoms with Crippen molar-refractivity contribution in [3.8, 4) is 5.75 Å². The van der Waals surface area contributed by atoms with Crippen LogP contribution >= 0.6 is 11.8 Å². The third kappa shape index (κ3) is 5.22. The summed E-state index contributed by atoms with van der Waals surface area (Å²) in [6.07, 6.45) is 0. The highest BCUT2D eigenvalue weighted by Gasteiger charge is 2.11. The predicted octanol–water partition coefficient (Wildman–Crippen LogP) is 5.94. The van der Waals surface area contributed by atoms with Crippen LogP contribution in [0.4, 0.5) is 0 Å². The molecular weight excluding hydrogens is 390 g/mol. The number of nitrogens with one attached hydrogen (secondary N) is 1. The maximum absolute atomic E-state index is 12.7. The molecular formula is C26H23NO2S. The second-order valence-electron chi connectivity index (χ2n) is 6.88. The Morgan fingerprint density at radius 1 is 0.800 bits per heavy atom. The monoisotopic (exact) mass is 413 g/mol. The SMILES string of the molecule is O=C(NCCOc1ccc2ccccc2c1)c1ccccc1SCc1ccccc1. The Hall–Kier alpha value is -3.24. The molecule has 0 saturated heterocycles. The van der Waals surface area contributed by atoms with Gasteiger partial charge in [-0.1, -0.05) is 72.8 Å². The highest BCUT2D eigenvalue weighted by Crippen LogP contribution is 2.26. The fourth-order valence-corrected chi connectivity index (χ4v) is 4.21. The summed E-state index contributed by atoms with van der Waals surface area (Å²) < 4.78 is 5.82. The van der Waals surface area contributed by atoms with Crippen molar-refractivity contribution in [1.82, 2.24) is 5.32 Å². The first-order valence-electron chi connectivity index (χ1n) is 9.95. The number of thioether (sulfide) groups is 1. The van der Waals surface area contributed by atoms with E-state index in [0.29, 0.717) is 18.7 Å². The Balaban J connectivity index is 1.30. The van der Waals surface area contributed by atoms with E-state index in [1.807, 2.05) is 72.8 Å². The lowest BCUT2D eigenvalue weighted by molar-refractivity contribution is 0.0944. The Morgan fingerprint density at radius 3 is 2.40 bits per heavy atom. The van der Waals surface area contributed by atoms with Gasteiger partial charge in [0, 0.05) is 10.6 Å². The molecule has 150 valence electrons. The fourth-order valence-electron chi connectivity index (χ4n) is 3.20. The first-order chi connectivity index (χ1) is 14.8. The van der Waals surface area contributed by atoms with Crippen LogP contribution < -0.4 is 10.1 Å². The van der Waals surface area contributed by atoms with Crippen LogP contribution in [0.25, 0.3) is 10.8 Å². The highest BCUT2D eigenvalue weighted by atomic mass is 32.2. The van der Waals surface area contributed by atoms with Crippen molar-refractivity contribution in [3.63, 3.8) is 0 Å². The van der Waals surface area contributed by atoms with Gasteiger partial charge in [0.25, 0.3) is 5.91 Å². The Kier molecular flexibility index (Phi) is 6.68. The zero-order valence-corrected chi connectivity index (χ0v) is 17.4.